The molecule has 186 valence electrons. The van der Waals surface area contributed by atoms with E-state index in [9.17, 15) is 24.8 Å². The van der Waals surface area contributed by atoms with Crippen molar-refractivity contribution in [1.29, 1.82) is 0 Å². The van der Waals surface area contributed by atoms with Crippen LogP contribution in [0, 0.1) is 10.1 Å². The van der Waals surface area contributed by atoms with Crippen molar-refractivity contribution < 1.29 is 14.8 Å². The average molecular weight is 514 g/mol. The fourth-order valence-corrected chi connectivity index (χ4v) is 3.49. The number of fused-ring (bicyclic) bond motifs is 1. The number of benzene rings is 2. The second-order valence-corrected chi connectivity index (χ2v) is 8.11. The first-order valence-corrected chi connectivity index (χ1v) is 10.9. The smallest absolute Gasteiger partial charge is 0.329 e. The Bertz CT molecular complexity index is 1560. The molecule has 3 N–H and O–H groups in total. The molecule has 0 radical (unpaired) electrons. The largest absolute Gasteiger partial charge is 0.491 e. The van der Waals surface area contributed by atoms with E-state index in [0.29, 0.717) is 16.3 Å². The summed E-state index contributed by atoms with van der Waals surface area (Å²) in [6.07, 6.45) is 0.260. The first-order chi connectivity index (χ1) is 17.2. The highest BCUT2D eigenvalue weighted by Gasteiger charge is 2.20. The Labute approximate surface area is 207 Å². The van der Waals surface area contributed by atoms with E-state index in [1.54, 1.807) is 30.3 Å². The number of rotatable bonds is 9. The number of halogens is 1. The van der Waals surface area contributed by atoms with Gasteiger partial charge in [-0.3, -0.25) is 24.5 Å². The third kappa shape index (κ3) is 5.42. The van der Waals surface area contributed by atoms with E-state index >= 15 is 0 Å². The first-order valence-electron chi connectivity index (χ1n) is 10.5. The van der Waals surface area contributed by atoms with Crippen molar-refractivity contribution in [2.24, 2.45) is 12.1 Å². The monoisotopic (exact) mass is 513 g/mol. The molecule has 13 nitrogen and oxygen atoms in total. The van der Waals surface area contributed by atoms with Crippen molar-refractivity contribution in [3.63, 3.8) is 0 Å². The van der Waals surface area contributed by atoms with Gasteiger partial charge in [0, 0.05) is 29.8 Å². The summed E-state index contributed by atoms with van der Waals surface area (Å²) >= 11 is 5.86. The van der Waals surface area contributed by atoms with E-state index in [4.69, 9.17) is 16.3 Å². The van der Waals surface area contributed by atoms with E-state index in [1.807, 2.05) is 0 Å². The van der Waals surface area contributed by atoms with E-state index in [1.165, 1.54) is 36.0 Å². The molecule has 0 amide bonds. The molecule has 4 aromatic rings. The average Bonchev–Trinajstić information content (AvgIpc) is 3.21. The van der Waals surface area contributed by atoms with Crippen LogP contribution in [-0.4, -0.2) is 48.1 Å². The van der Waals surface area contributed by atoms with E-state index < -0.39 is 22.3 Å². The summed E-state index contributed by atoms with van der Waals surface area (Å²) in [5, 5.41) is 26.2. The standard InChI is InChI=1S/C22H20ClN7O6/c1-28-19-18(20(32)26-22(28)33)29(11-16(31)12-36-17-7-5-14(23)6-8-17)21(25-19)27-24-10-13-3-2-4-15(9-13)30(34)35/h2-10,16,31H,11-12H2,1H3,(H,25,27)(H,26,32,33)/b24-10-/t16-/m1/s1. The molecular weight excluding hydrogens is 494 g/mol. The number of anilines is 1. The van der Waals surface area contributed by atoms with Crippen molar-refractivity contribution in [3.8, 4) is 5.75 Å². The molecule has 0 aliphatic rings. The van der Waals surface area contributed by atoms with Gasteiger partial charge < -0.3 is 14.4 Å². The van der Waals surface area contributed by atoms with Gasteiger partial charge in [0.1, 0.15) is 18.5 Å². The van der Waals surface area contributed by atoms with Crippen LogP contribution in [0.25, 0.3) is 11.2 Å². The zero-order valence-electron chi connectivity index (χ0n) is 18.8. The molecule has 0 aliphatic carbocycles. The van der Waals surface area contributed by atoms with Crippen LogP contribution in [0.2, 0.25) is 5.02 Å². The lowest BCUT2D eigenvalue weighted by molar-refractivity contribution is -0.384. The topological polar surface area (TPSA) is 170 Å². The van der Waals surface area contributed by atoms with Gasteiger partial charge in [0.05, 0.1) is 17.7 Å². The van der Waals surface area contributed by atoms with Crippen LogP contribution >= 0.6 is 11.6 Å². The highest BCUT2D eigenvalue weighted by Crippen LogP contribution is 2.18. The summed E-state index contributed by atoms with van der Waals surface area (Å²) in [6.45, 7) is -0.235. The quantitative estimate of drug-likeness (QED) is 0.173. The number of aryl methyl sites for hydroxylation is 1. The summed E-state index contributed by atoms with van der Waals surface area (Å²) in [5.41, 5.74) is 1.78. The van der Waals surface area contributed by atoms with Crippen LogP contribution in [0.3, 0.4) is 0 Å². The fourth-order valence-electron chi connectivity index (χ4n) is 3.37. The molecule has 0 saturated heterocycles. The second kappa shape index (κ2) is 10.4. The van der Waals surface area contributed by atoms with Gasteiger partial charge in [-0.1, -0.05) is 23.7 Å². The molecule has 2 aromatic carbocycles. The number of hydrazone groups is 1. The van der Waals surface area contributed by atoms with Gasteiger partial charge in [0.25, 0.3) is 11.2 Å². The molecule has 0 spiro atoms. The van der Waals surface area contributed by atoms with Crippen LogP contribution in [-0.2, 0) is 13.6 Å². The number of nitro benzene ring substituents is 1. The maximum atomic E-state index is 12.6. The molecule has 0 fully saturated rings. The normalized spacial score (nSPS) is 12.2. The maximum Gasteiger partial charge on any atom is 0.329 e. The number of nitro groups is 1. The number of hydrogen-bond acceptors (Lipinski definition) is 9. The van der Waals surface area contributed by atoms with Crippen molar-refractivity contribution in [2.45, 2.75) is 12.6 Å². The molecule has 2 heterocycles. The van der Waals surface area contributed by atoms with Gasteiger partial charge >= 0.3 is 5.69 Å². The summed E-state index contributed by atoms with van der Waals surface area (Å²) in [7, 11) is 1.44. The number of imidazole rings is 1. The van der Waals surface area contributed by atoms with Crippen LogP contribution in [0.4, 0.5) is 11.6 Å². The van der Waals surface area contributed by atoms with Gasteiger partial charge in [-0.05, 0) is 24.3 Å². The van der Waals surface area contributed by atoms with Crippen molar-refractivity contribution in [1.82, 2.24) is 19.1 Å². The Morgan fingerprint density at radius 1 is 1.31 bits per heavy atom. The number of non-ortho nitro benzene ring substituents is 1. The number of aliphatic hydroxyl groups is 1. The molecular formula is C22H20ClN7O6. The highest BCUT2D eigenvalue weighted by molar-refractivity contribution is 6.30. The van der Waals surface area contributed by atoms with E-state index in [-0.39, 0.29) is 36.0 Å². The van der Waals surface area contributed by atoms with Gasteiger partial charge in [0.15, 0.2) is 11.2 Å². The minimum atomic E-state index is -1.07. The molecule has 4 rings (SSSR count). The van der Waals surface area contributed by atoms with Crippen LogP contribution < -0.4 is 21.4 Å². The van der Waals surface area contributed by atoms with Crippen molar-refractivity contribution >= 4 is 40.6 Å². The van der Waals surface area contributed by atoms with E-state index in [2.05, 4.69) is 20.5 Å². The number of hydrogen-bond donors (Lipinski definition) is 3. The minimum Gasteiger partial charge on any atom is -0.491 e. The van der Waals surface area contributed by atoms with Crippen LogP contribution in [0.1, 0.15) is 5.56 Å². The predicted molar refractivity (Wildman–Crippen MR) is 133 cm³/mol. The highest BCUT2D eigenvalue weighted by atomic mass is 35.5. The summed E-state index contributed by atoms with van der Waals surface area (Å²) < 4.78 is 8.10. The third-order valence-electron chi connectivity index (χ3n) is 5.12. The van der Waals surface area contributed by atoms with Crippen LogP contribution in [0.5, 0.6) is 5.75 Å². The molecule has 36 heavy (non-hydrogen) atoms. The minimum absolute atomic E-state index is 0.0377. The lowest BCUT2D eigenvalue weighted by Crippen LogP contribution is -2.30. The molecule has 1 atom stereocenters. The summed E-state index contributed by atoms with van der Waals surface area (Å²) in [4.78, 5) is 41.6. The zero-order chi connectivity index (χ0) is 25.8. The van der Waals surface area contributed by atoms with Crippen LogP contribution in [0.15, 0.2) is 63.2 Å². The lowest BCUT2D eigenvalue weighted by atomic mass is 10.2. The van der Waals surface area contributed by atoms with E-state index in [0.717, 1.165) is 4.57 Å². The zero-order valence-corrected chi connectivity index (χ0v) is 19.5. The molecule has 2 aromatic heterocycles. The van der Waals surface area contributed by atoms with Crippen molar-refractivity contribution in [3.05, 3.63) is 90.1 Å². The molecule has 0 bridgehead atoms. The Kier molecular flexibility index (Phi) is 7.12. The molecule has 0 saturated carbocycles. The Balaban J connectivity index is 1.61. The maximum absolute atomic E-state index is 12.6. The number of H-pyrrole nitrogens is 1. The second-order valence-electron chi connectivity index (χ2n) is 7.68. The molecule has 0 unspecified atom stereocenters. The first kappa shape index (κ1) is 24.6. The van der Waals surface area contributed by atoms with Gasteiger partial charge in [0.2, 0.25) is 5.95 Å². The fraction of sp³-hybridized carbons (Fsp3) is 0.182. The van der Waals surface area contributed by atoms with Gasteiger partial charge in [-0.25, -0.2) is 10.2 Å². The van der Waals surface area contributed by atoms with Crippen molar-refractivity contribution in [2.75, 3.05) is 12.0 Å². The number of aliphatic hydroxyl groups excluding tert-OH is 1. The molecule has 0 aliphatic heterocycles. The number of nitrogens with zero attached hydrogens (tertiary/aromatic N) is 5. The predicted octanol–water partition coefficient (Wildman–Crippen LogP) is 1.87. The molecule has 14 heteroatoms. The Morgan fingerprint density at radius 2 is 2.06 bits per heavy atom. The van der Waals surface area contributed by atoms with Gasteiger partial charge in [-0.15, -0.1) is 0 Å². The SMILES string of the molecule is Cn1c(=O)[nH]c(=O)c2c1nc(N/N=C\c1cccc([N+](=O)[O-])c1)n2C[C@@H](O)COc1ccc(Cl)cc1. The van der Waals surface area contributed by atoms with Gasteiger partial charge in [-0.2, -0.15) is 10.1 Å². The Hall–Kier alpha value is -4.49. The number of aromatic nitrogens is 4. The third-order valence-corrected chi connectivity index (χ3v) is 5.37. The number of nitrogens with one attached hydrogen (secondary N) is 2. The summed E-state index contributed by atoms with van der Waals surface area (Å²) in [6, 6.07) is 12.4. The Morgan fingerprint density at radius 3 is 2.78 bits per heavy atom. The number of aromatic amines is 1. The summed E-state index contributed by atoms with van der Waals surface area (Å²) in [5.74, 6) is 0.554. The number of ether oxygens (including phenoxy) is 1. The lowest BCUT2D eigenvalue weighted by Gasteiger charge is -2.15.